The molecule has 8 nitrogen and oxygen atoms in total. The summed E-state index contributed by atoms with van der Waals surface area (Å²) in [6, 6.07) is 6.59. The third-order valence-electron chi connectivity index (χ3n) is 4.51. The monoisotopic (exact) mass is 375 g/mol. The summed E-state index contributed by atoms with van der Waals surface area (Å²) < 4.78 is 0. The van der Waals surface area contributed by atoms with Crippen LogP contribution < -0.4 is 21.7 Å². The fraction of sp³-hybridized carbons (Fsp3) is 0.526. The lowest BCUT2D eigenvalue weighted by atomic mass is 10.1. The second kappa shape index (κ2) is 9.91. The Kier molecular flexibility index (Phi) is 7.60. The van der Waals surface area contributed by atoms with Crippen molar-refractivity contribution in [2.24, 2.45) is 11.7 Å². The molecule has 27 heavy (non-hydrogen) atoms. The maximum Gasteiger partial charge on any atom is 0.321 e. The summed E-state index contributed by atoms with van der Waals surface area (Å²) in [5.41, 5.74) is 7.28. The number of nitrogens with zero attached hydrogens (tertiary/aromatic N) is 1. The average molecular weight is 375 g/mol. The molecule has 0 aromatic heterocycles. The zero-order valence-corrected chi connectivity index (χ0v) is 16.0. The van der Waals surface area contributed by atoms with Crippen molar-refractivity contribution >= 4 is 23.5 Å². The van der Waals surface area contributed by atoms with Crippen LogP contribution in [0.25, 0.3) is 0 Å². The third kappa shape index (κ3) is 6.56. The Morgan fingerprint density at radius 1 is 1.15 bits per heavy atom. The van der Waals surface area contributed by atoms with E-state index in [4.69, 9.17) is 5.73 Å². The predicted octanol–water partition coefficient (Wildman–Crippen LogP) is 1.03. The topological polar surface area (TPSA) is 117 Å². The van der Waals surface area contributed by atoms with E-state index in [1.54, 1.807) is 4.90 Å². The minimum absolute atomic E-state index is 0.00608. The van der Waals surface area contributed by atoms with Crippen LogP contribution in [0.1, 0.15) is 32.3 Å². The number of rotatable bonds is 7. The zero-order valence-electron chi connectivity index (χ0n) is 16.0. The van der Waals surface area contributed by atoms with Gasteiger partial charge in [-0.15, -0.1) is 0 Å². The molecular weight excluding hydrogens is 346 g/mol. The van der Waals surface area contributed by atoms with Crippen LogP contribution in [0.15, 0.2) is 24.3 Å². The first kappa shape index (κ1) is 20.7. The summed E-state index contributed by atoms with van der Waals surface area (Å²) in [6.07, 6.45) is 2.08. The van der Waals surface area contributed by atoms with E-state index in [1.807, 2.05) is 38.1 Å². The lowest BCUT2D eigenvalue weighted by molar-refractivity contribution is -0.127. The summed E-state index contributed by atoms with van der Waals surface area (Å²) in [7, 11) is 0. The highest BCUT2D eigenvalue weighted by molar-refractivity contribution is 5.89. The number of anilines is 1. The van der Waals surface area contributed by atoms with Gasteiger partial charge in [-0.3, -0.25) is 9.59 Å². The van der Waals surface area contributed by atoms with Gasteiger partial charge in [-0.25, -0.2) is 4.79 Å². The normalized spacial score (nSPS) is 14.7. The van der Waals surface area contributed by atoms with Crippen LogP contribution in [-0.2, 0) is 16.1 Å². The van der Waals surface area contributed by atoms with Gasteiger partial charge in [-0.05, 0) is 36.5 Å². The van der Waals surface area contributed by atoms with Gasteiger partial charge in [0.05, 0.1) is 12.6 Å². The third-order valence-corrected chi connectivity index (χ3v) is 4.51. The van der Waals surface area contributed by atoms with Crippen molar-refractivity contribution in [1.29, 1.82) is 0 Å². The van der Waals surface area contributed by atoms with Crippen molar-refractivity contribution in [1.82, 2.24) is 15.5 Å². The van der Waals surface area contributed by atoms with Crippen molar-refractivity contribution in [3.05, 3.63) is 29.8 Å². The quantitative estimate of drug-likeness (QED) is 0.569. The van der Waals surface area contributed by atoms with Gasteiger partial charge in [0, 0.05) is 25.3 Å². The van der Waals surface area contributed by atoms with Gasteiger partial charge in [-0.2, -0.15) is 0 Å². The van der Waals surface area contributed by atoms with E-state index < -0.39 is 6.04 Å². The summed E-state index contributed by atoms with van der Waals surface area (Å²) in [6.45, 7) is 5.45. The zero-order chi connectivity index (χ0) is 19.8. The van der Waals surface area contributed by atoms with Crippen molar-refractivity contribution in [2.75, 3.05) is 25.0 Å². The molecule has 1 heterocycles. The number of benzene rings is 1. The maximum absolute atomic E-state index is 12.1. The van der Waals surface area contributed by atoms with Gasteiger partial charge in [-0.1, -0.05) is 26.0 Å². The maximum atomic E-state index is 12.1. The van der Waals surface area contributed by atoms with Gasteiger partial charge in [0.15, 0.2) is 0 Å². The minimum atomic E-state index is -0.631. The Bertz CT molecular complexity index is 671. The average Bonchev–Trinajstić information content (AvgIpc) is 3.19. The molecule has 2 rings (SSSR count). The van der Waals surface area contributed by atoms with Crippen molar-refractivity contribution in [3.8, 4) is 0 Å². The number of amides is 4. The van der Waals surface area contributed by atoms with E-state index >= 15 is 0 Å². The van der Waals surface area contributed by atoms with E-state index in [1.165, 1.54) is 0 Å². The number of nitrogens with one attached hydrogen (secondary N) is 3. The van der Waals surface area contributed by atoms with Gasteiger partial charge in [0.1, 0.15) is 0 Å². The molecule has 0 radical (unpaired) electrons. The van der Waals surface area contributed by atoms with E-state index in [0.29, 0.717) is 12.2 Å². The molecule has 0 unspecified atom stereocenters. The molecule has 1 fully saturated rings. The van der Waals surface area contributed by atoms with Gasteiger partial charge in [0.25, 0.3) is 0 Å². The van der Waals surface area contributed by atoms with Gasteiger partial charge >= 0.3 is 6.03 Å². The Morgan fingerprint density at radius 2 is 1.85 bits per heavy atom. The fourth-order valence-electron chi connectivity index (χ4n) is 2.73. The van der Waals surface area contributed by atoms with Gasteiger partial charge < -0.3 is 26.6 Å². The van der Waals surface area contributed by atoms with E-state index in [-0.39, 0.29) is 30.3 Å². The lowest BCUT2D eigenvalue weighted by Gasteiger charge is -2.17. The molecule has 1 atom stereocenters. The molecule has 0 spiro atoms. The molecule has 1 saturated heterocycles. The Labute approximate surface area is 159 Å². The number of carbonyl (C=O) groups is 3. The number of nitrogens with two attached hydrogens (primary N) is 1. The molecule has 4 amide bonds. The van der Waals surface area contributed by atoms with E-state index in [0.717, 1.165) is 31.5 Å². The van der Waals surface area contributed by atoms with Crippen LogP contribution in [0.2, 0.25) is 0 Å². The van der Waals surface area contributed by atoms with Crippen LogP contribution in [0.4, 0.5) is 10.5 Å². The van der Waals surface area contributed by atoms with Crippen molar-refractivity contribution in [2.45, 2.75) is 39.3 Å². The molecule has 1 aromatic carbocycles. The number of likely N-dealkylation sites (tertiary alicyclic amines) is 1. The highest BCUT2D eigenvalue weighted by Gasteiger charge is 2.18. The van der Waals surface area contributed by atoms with Crippen molar-refractivity contribution < 1.29 is 14.4 Å². The highest BCUT2D eigenvalue weighted by Crippen LogP contribution is 2.14. The Balaban J connectivity index is 1.77. The molecule has 5 N–H and O–H groups in total. The SMILES string of the molecule is CC(C)[C@H](N)C(=O)NCC(=O)NCc1cccc(NC(=O)N2CCCC2)c1. The number of hydrogen-bond acceptors (Lipinski definition) is 4. The summed E-state index contributed by atoms with van der Waals surface area (Å²) in [5, 5.41) is 8.15. The lowest BCUT2D eigenvalue weighted by Crippen LogP contribution is -2.47. The van der Waals surface area contributed by atoms with E-state index in [9.17, 15) is 14.4 Å². The second-order valence-electron chi connectivity index (χ2n) is 7.09. The summed E-state index contributed by atoms with van der Waals surface area (Å²) in [4.78, 5) is 37.6. The van der Waals surface area contributed by atoms with Crippen LogP contribution in [-0.4, -0.2) is 48.4 Å². The highest BCUT2D eigenvalue weighted by atomic mass is 16.2. The minimum Gasteiger partial charge on any atom is -0.350 e. The fourth-order valence-corrected chi connectivity index (χ4v) is 2.73. The van der Waals surface area contributed by atoms with Crippen LogP contribution in [0.5, 0.6) is 0 Å². The first-order valence-electron chi connectivity index (χ1n) is 9.31. The molecular formula is C19H29N5O3. The largest absolute Gasteiger partial charge is 0.350 e. The van der Waals surface area contributed by atoms with Crippen LogP contribution in [0, 0.1) is 5.92 Å². The standard InChI is InChI=1S/C19H29N5O3/c1-13(2)17(20)18(26)22-12-16(25)21-11-14-6-5-7-15(10-14)23-19(27)24-8-3-4-9-24/h5-7,10,13,17H,3-4,8-9,11-12,20H2,1-2H3,(H,21,25)(H,22,26)(H,23,27)/t17-/m0/s1. The molecule has 1 aromatic rings. The Morgan fingerprint density at radius 3 is 2.52 bits per heavy atom. The molecule has 1 aliphatic rings. The number of hydrogen-bond donors (Lipinski definition) is 4. The first-order valence-corrected chi connectivity index (χ1v) is 9.31. The summed E-state index contributed by atoms with van der Waals surface area (Å²) in [5.74, 6) is -0.635. The van der Waals surface area contributed by atoms with Crippen molar-refractivity contribution in [3.63, 3.8) is 0 Å². The van der Waals surface area contributed by atoms with Crippen LogP contribution in [0.3, 0.4) is 0 Å². The summed E-state index contributed by atoms with van der Waals surface area (Å²) >= 11 is 0. The predicted molar refractivity (Wildman–Crippen MR) is 104 cm³/mol. The van der Waals surface area contributed by atoms with Gasteiger partial charge in [0.2, 0.25) is 11.8 Å². The second-order valence-corrected chi connectivity index (χ2v) is 7.09. The Hall–Kier alpha value is -2.61. The van der Waals surface area contributed by atoms with Crippen LogP contribution >= 0.6 is 0 Å². The molecule has 0 saturated carbocycles. The molecule has 0 bridgehead atoms. The molecule has 148 valence electrons. The smallest absolute Gasteiger partial charge is 0.321 e. The number of urea groups is 1. The number of carbonyl (C=O) groups excluding carboxylic acids is 3. The molecule has 8 heteroatoms. The first-order chi connectivity index (χ1) is 12.9. The van der Waals surface area contributed by atoms with E-state index in [2.05, 4.69) is 16.0 Å². The molecule has 0 aliphatic carbocycles. The molecule has 1 aliphatic heterocycles.